The molecule has 34 heavy (non-hydrogen) atoms. The molecule has 1 aliphatic carbocycles. The van der Waals surface area contributed by atoms with Crippen LogP contribution in [0, 0.1) is 6.92 Å². The lowest BCUT2D eigenvalue weighted by molar-refractivity contribution is -0.132. The first-order valence-corrected chi connectivity index (χ1v) is 12.0. The van der Waals surface area contributed by atoms with Gasteiger partial charge in [0, 0.05) is 43.1 Å². The number of ether oxygens (including phenoxy) is 1. The molecule has 3 unspecified atom stereocenters. The van der Waals surface area contributed by atoms with Gasteiger partial charge in [-0.1, -0.05) is 6.07 Å². The van der Waals surface area contributed by atoms with Crippen molar-refractivity contribution in [2.75, 3.05) is 39.9 Å². The van der Waals surface area contributed by atoms with E-state index in [9.17, 15) is 19.8 Å². The summed E-state index contributed by atoms with van der Waals surface area (Å²) in [6.07, 6.45) is 1.43. The number of nitrogens with one attached hydrogen (secondary N) is 1. The molecule has 8 nitrogen and oxygen atoms in total. The average molecular weight is 468 g/mol. The number of piperidine rings is 1. The molecule has 1 aromatic heterocycles. The number of amides is 1. The van der Waals surface area contributed by atoms with Crippen LogP contribution < -0.4 is 5.56 Å². The minimum Gasteiger partial charge on any atom is -0.508 e. The van der Waals surface area contributed by atoms with E-state index < -0.39 is 16.6 Å². The second-order valence-corrected chi connectivity index (χ2v) is 10.2. The number of pyridine rings is 1. The molecule has 2 aliphatic heterocycles. The van der Waals surface area contributed by atoms with E-state index in [1.54, 1.807) is 23.1 Å². The maximum absolute atomic E-state index is 13.1. The fourth-order valence-electron chi connectivity index (χ4n) is 6.30. The van der Waals surface area contributed by atoms with Crippen molar-refractivity contribution in [3.8, 4) is 5.75 Å². The Balaban J connectivity index is 1.64. The van der Waals surface area contributed by atoms with Crippen molar-refractivity contribution in [3.63, 3.8) is 0 Å². The zero-order chi connectivity index (χ0) is 24.3. The highest BCUT2D eigenvalue weighted by molar-refractivity contribution is 5.94. The molecule has 2 saturated heterocycles. The number of H-pyrrole nitrogens is 1. The third-order valence-corrected chi connectivity index (χ3v) is 8.49. The minimum absolute atomic E-state index is 0.113. The number of phenols is 1. The Bertz CT molecular complexity index is 1190. The van der Waals surface area contributed by atoms with Crippen LogP contribution >= 0.6 is 0 Å². The van der Waals surface area contributed by atoms with E-state index in [0.717, 1.165) is 28.9 Å². The number of aromatic nitrogens is 1. The summed E-state index contributed by atoms with van der Waals surface area (Å²) in [4.78, 5) is 33.0. The lowest BCUT2D eigenvalue weighted by Crippen LogP contribution is -2.70. The van der Waals surface area contributed by atoms with Crippen molar-refractivity contribution >= 4 is 5.91 Å². The number of likely N-dealkylation sites (N-methyl/N-ethyl adjacent to an activating group) is 1. The number of carbonyl (C=O) groups is 1. The molecule has 1 amide bonds. The van der Waals surface area contributed by atoms with Crippen molar-refractivity contribution in [1.29, 1.82) is 0 Å². The van der Waals surface area contributed by atoms with Crippen molar-refractivity contribution in [2.24, 2.45) is 0 Å². The van der Waals surface area contributed by atoms with Crippen LogP contribution in [0.2, 0.25) is 0 Å². The normalized spacial score (nSPS) is 29.4. The molecule has 0 saturated carbocycles. The number of carbonyl (C=O) groups excluding carboxylic acids is 1. The number of likely N-dealkylation sites (tertiary alicyclic amines) is 1. The first-order valence-electron chi connectivity index (χ1n) is 12.0. The summed E-state index contributed by atoms with van der Waals surface area (Å²) in [5.41, 5.74) is 1.36. The number of phenolic OH excluding ortho intramolecular Hbond substituents is 1. The predicted octanol–water partition coefficient (Wildman–Crippen LogP) is 1.35. The standard InChI is InChI=1S/C26H33N3O5/c1-16-4-5-19(30)13-21(16)25-6-7-28(3)17(2)26(25,33)14-18-12-20(23(31)27-22(18)15-25)24(32)29-8-10-34-11-9-29/h4-5,12-13,17,30,33H,6-11,14-15H2,1-3H3,(H,27,31). The summed E-state index contributed by atoms with van der Waals surface area (Å²) in [7, 11) is 2.01. The molecule has 0 spiro atoms. The minimum atomic E-state index is -1.15. The molecule has 1 aromatic carbocycles. The van der Waals surface area contributed by atoms with Gasteiger partial charge in [0.15, 0.2) is 0 Å². The van der Waals surface area contributed by atoms with Gasteiger partial charge in [-0.2, -0.15) is 0 Å². The van der Waals surface area contributed by atoms with Gasteiger partial charge in [0.25, 0.3) is 11.5 Å². The van der Waals surface area contributed by atoms with Crippen LogP contribution in [0.4, 0.5) is 0 Å². The molecule has 182 valence electrons. The molecule has 8 heteroatoms. The summed E-state index contributed by atoms with van der Waals surface area (Å²) in [6, 6.07) is 6.82. The van der Waals surface area contributed by atoms with Gasteiger partial charge >= 0.3 is 0 Å². The van der Waals surface area contributed by atoms with E-state index in [1.807, 2.05) is 27.0 Å². The van der Waals surface area contributed by atoms with E-state index in [4.69, 9.17) is 4.74 Å². The highest BCUT2D eigenvalue weighted by Crippen LogP contribution is 2.53. The molecule has 0 bridgehead atoms. The monoisotopic (exact) mass is 467 g/mol. The third-order valence-electron chi connectivity index (χ3n) is 8.49. The van der Waals surface area contributed by atoms with Crippen LogP contribution in [0.3, 0.4) is 0 Å². The molecule has 3 atom stereocenters. The largest absolute Gasteiger partial charge is 0.508 e. The first-order chi connectivity index (χ1) is 16.2. The van der Waals surface area contributed by atoms with Crippen molar-refractivity contribution in [2.45, 2.75) is 50.2 Å². The fourth-order valence-corrected chi connectivity index (χ4v) is 6.30. The number of nitrogens with zero attached hydrogens (tertiary/aromatic N) is 2. The van der Waals surface area contributed by atoms with Crippen LogP contribution in [0.25, 0.3) is 0 Å². The lowest BCUT2D eigenvalue weighted by atomic mass is 9.53. The van der Waals surface area contributed by atoms with Crippen molar-refractivity contribution in [3.05, 3.63) is 62.6 Å². The molecule has 3 N–H and O–H groups in total. The fraction of sp³-hybridized carbons (Fsp3) is 0.538. The van der Waals surface area contributed by atoms with Gasteiger partial charge in [0.1, 0.15) is 11.3 Å². The Hall–Kier alpha value is -2.68. The van der Waals surface area contributed by atoms with Gasteiger partial charge in [-0.3, -0.25) is 9.59 Å². The highest BCUT2D eigenvalue weighted by atomic mass is 16.5. The maximum Gasteiger partial charge on any atom is 0.261 e. The van der Waals surface area contributed by atoms with Gasteiger partial charge in [-0.05, 0) is 68.8 Å². The predicted molar refractivity (Wildman–Crippen MR) is 127 cm³/mol. The van der Waals surface area contributed by atoms with E-state index >= 15 is 0 Å². The highest BCUT2D eigenvalue weighted by Gasteiger charge is 2.60. The van der Waals surface area contributed by atoms with Crippen LogP contribution in [-0.2, 0) is 23.0 Å². The van der Waals surface area contributed by atoms with Crippen LogP contribution in [-0.4, -0.2) is 82.4 Å². The Morgan fingerprint density at radius 3 is 2.65 bits per heavy atom. The number of morpholine rings is 1. The Labute approximate surface area is 199 Å². The number of aromatic amines is 1. The second kappa shape index (κ2) is 8.22. The van der Waals surface area contributed by atoms with E-state index in [0.29, 0.717) is 45.6 Å². The molecule has 0 radical (unpaired) electrons. The van der Waals surface area contributed by atoms with Crippen LogP contribution in [0.5, 0.6) is 5.75 Å². The number of aryl methyl sites for hydroxylation is 1. The van der Waals surface area contributed by atoms with Crippen LogP contribution in [0.1, 0.15) is 46.1 Å². The summed E-state index contributed by atoms with van der Waals surface area (Å²) in [5, 5.41) is 22.7. The lowest BCUT2D eigenvalue weighted by Gasteiger charge is -2.59. The molecule has 3 aliphatic rings. The molecule has 3 heterocycles. The van der Waals surface area contributed by atoms with E-state index in [1.165, 1.54) is 0 Å². The summed E-state index contributed by atoms with van der Waals surface area (Å²) >= 11 is 0. The van der Waals surface area contributed by atoms with Crippen molar-refractivity contribution < 1.29 is 19.7 Å². The Kier molecular flexibility index (Phi) is 5.58. The van der Waals surface area contributed by atoms with Gasteiger partial charge in [0.05, 0.1) is 18.8 Å². The average Bonchev–Trinajstić information content (AvgIpc) is 2.83. The van der Waals surface area contributed by atoms with Gasteiger partial charge in [-0.25, -0.2) is 0 Å². The number of rotatable bonds is 2. The smallest absolute Gasteiger partial charge is 0.261 e. The molecular weight excluding hydrogens is 434 g/mol. The third kappa shape index (κ3) is 3.39. The second-order valence-electron chi connectivity index (χ2n) is 10.2. The van der Waals surface area contributed by atoms with Gasteiger partial charge in [-0.15, -0.1) is 0 Å². The van der Waals surface area contributed by atoms with Crippen LogP contribution in [0.15, 0.2) is 29.1 Å². The van der Waals surface area contributed by atoms with E-state index in [-0.39, 0.29) is 23.3 Å². The number of aliphatic hydroxyl groups is 1. The number of benzene rings is 1. The van der Waals surface area contributed by atoms with Crippen molar-refractivity contribution in [1.82, 2.24) is 14.8 Å². The van der Waals surface area contributed by atoms with Gasteiger partial charge < -0.3 is 29.7 Å². The summed E-state index contributed by atoms with van der Waals surface area (Å²) in [5.74, 6) is -0.136. The summed E-state index contributed by atoms with van der Waals surface area (Å²) < 4.78 is 5.34. The van der Waals surface area contributed by atoms with Gasteiger partial charge in [0.2, 0.25) is 0 Å². The first kappa shape index (κ1) is 23.1. The Morgan fingerprint density at radius 2 is 1.91 bits per heavy atom. The number of hydrogen-bond acceptors (Lipinski definition) is 6. The zero-order valence-corrected chi connectivity index (χ0v) is 20.1. The number of fused-ring (bicyclic) bond motifs is 2. The number of hydrogen-bond donors (Lipinski definition) is 3. The maximum atomic E-state index is 13.1. The SMILES string of the molecule is Cc1ccc(O)cc1C12CCN(C)C(C)C1(O)Cc1cc(C(=O)N3CCOCC3)c(=O)[nH]c1C2. The number of aromatic hydroxyl groups is 1. The van der Waals surface area contributed by atoms with E-state index in [2.05, 4.69) is 9.88 Å². The molecule has 5 rings (SSSR count). The Morgan fingerprint density at radius 1 is 1.18 bits per heavy atom. The topological polar surface area (TPSA) is 106 Å². The molecular formula is C26H33N3O5. The quantitative estimate of drug-likeness (QED) is 0.616. The zero-order valence-electron chi connectivity index (χ0n) is 20.1. The summed E-state index contributed by atoms with van der Waals surface area (Å²) in [6.45, 7) is 6.65. The molecule has 2 fully saturated rings. The molecule has 2 aromatic rings.